The smallest absolute Gasteiger partial charge is 0.258 e. The number of carbonyl (C=O) groups excluding carboxylic acids is 1. The van der Waals surface area contributed by atoms with Crippen LogP contribution in [0.25, 0.3) is 22.4 Å². The lowest BCUT2D eigenvalue weighted by Gasteiger charge is -2.10. The van der Waals surface area contributed by atoms with Gasteiger partial charge in [-0.3, -0.25) is 14.8 Å². The van der Waals surface area contributed by atoms with Crippen molar-refractivity contribution in [3.05, 3.63) is 66.0 Å². The molecule has 30 heavy (non-hydrogen) atoms. The number of halogens is 1. The molecule has 0 fully saturated rings. The van der Waals surface area contributed by atoms with Gasteiger partial charge in [-0.1, -0.05) is 18.6 Å². The first-order chi connectivity index (χ1) is 14.7. The molecule has 0 saturated heterocycles. The summed E-state index contributed by atoms with van der Waals surface area (Å²) in [4.78, 5) is 21.2. The lowest BCUT2D eigenvalue weighted by molar-refractivity contribution is 0.102. The monoisotopic (exact) mass is 402 g/mol. The molecule has 0 unspecified atom stereocenters. The van der Waals surface area contributed by atoms with Crippen molar-refractivity contribution < 1.29 is 9.18 Å². The maximum Gasteiger partial charge on any atom is 0.258 e. The summed E-state index contributed by atoms with van der Waals surface area (Å²) in [6.45, 7) is 0.891. The van der Waals surface area contributed by atoms with Gasteiger partial charge in [0, 0.05) is 42.7 Å². The number of rotatable bonds is 3. The molecule has 2 aromatic carbocycles. The third-order valence-corrected chi connectivity index (χ3v) is 5.27. The second-order valence-corrected chi connectivity index (χ2v) is 7.31. The molecule has 0 atom stereocenters. The van der Waals surface area contributed by atoms with Gasteiger partial charge in [0.25, 0.3) is 5.91 Å². The number of fused-ring (bicyclic) bond motifs is 2. The summed E-state index contributed by atoms with van der Waals surface area (Å²) < 4.78 is 16.1. The molecule has 0 bridgehead atoms. The van der Waals surface area contributed by atoms with E-state index in [0.717, 1.165) is 43.0 Å². The molecule has 1 aliphatic rings. The van der Waals surface area contributed by atoms with Crippen LogP contribution in [-0.2, 0) is 13.0 Å². The van der Waals surface area contributed by atoms with Crippen LogP contribution < -0.4 is 5.32 Å². The number of aromatic nitrogens is 5. The minimum absolute atomic E-state index is 0.139. The fourth-order valence-electron chi connectivity index (χ4n) is 3.85. The van der Waals surface area contributed by atoms with Gasteiger partial charge in [0.1, 0.15) is 17.2 Å². The van der Waals surface area contributed by atoms with Crippen molar-refractivity contribution in [3.63, 3.8) is 0 Å². The highest BCUT2D eigenvalue weighted by molar-refractivity contribution is 6.11. The third kappa shape index (κ3) is 3.41. The molecule has 8 heteroatoms. The van der Waals surface area contributed by atoms with Crippen LogP contribution in [0, 0.1) is 5.82 Å². The number of nitrogens with one attached hydrogen (secondary N) is 1. The van der Waals surface area contributed by atoms with Crippen molar-refractivity contribution in [1.82, 2.24) is 24.7 Å². The Kier molecular flexibility index (Phi) is 4.66. The number of hydrogen-bond acceptors (Lipinski definition) is 5. The molecule has 1 aliphatic heterocycles. The highest BCUT2D eigenvalue weighted by Crippen LogP contribution is 2.25. The Hall–Kier alpha value is -3.68. The lowest BCUT2D eigenvalue weighted by Crippen LogP contribution is -2.13. The van der Waals surface area contributed by atoms with Crippen LogP contribution in [0.1, 0.15) is 35.4 Å². The lowest BCUT2D eigenvalue weighted by atomic mass is 10.1. The topological polar surface area (TPSA) is 85.6 Å². The summed E-state index contributed by atoms with van der Waals surface area (Å²) in [5.74, 6) is 0.817. The van der Waals surface area contributed by atoms with Crippen molar-refractivity contribution in [2.45, 2.75) is 32.2 Å². The SMILES string of the molecule is O=C(Nc1cccc(-c2nnc3n2CCCCC3)c1)c1cc(F)cc2nccnc12. The van der Waals surface area contributed by atoms with E-state index in [1.54, 1.807) is 6.07 Å². The third-order valence-electron chi connectivity index (χ3n) is 5.27. The minimum atomic E-state index is -0.534. The maximum atomic E-state index is 14.0. The Morgan fingerprint density at radius 3 is 2.87 bits per heavy atom. The molecule has 0 radical (unpaired) electrons. The summed E-state index contributed by atoms with van der Waals surface area (Å²) in [6, 6.07) is 9.88. The average Bonchev–Trinajstić information content (AvgIpc) is 3.01. The van der Waals surface area contributed by atoms with Gasteiger partial charge in [0.15, 0.2) is 5.82 Å². The summed E-state index contributed by atoms with van der Waals surface area (Å²) in [5, 5.41) is 11.6. The first-order valence-corrected chi connectivity index (χ1v) is 9.93. The van der Waals surface area contributed by atoms with Gasteiger partial charge in [-0.25, -0.2) is 4.39 Å². The van der Waals surface area contributed by atoms with Gasteiger partial charge in [-0.15, -0.1) is 10.2 Å². The quantitative estimate of drug-likeness (QED) is 0.560. The second kappa shape index (κ2) is 7.62. The standard InChI is InChI=1S/C22H19FN6O/c23-15-12-17(20-18(13-15)24-8-9-25-20)22(30)26-16-6-4-5-14(11-16)21-28-27-19-7-2-1-3-10-29(19)21/h4-6,8-9,11-13H,1-3,7,10H2,(H,26,30). The van der Waals surface area contributed by atoms with E-state index in [9.17, 15) is 9.18 Å². The molecule has 150 valence electrons. The molecular weight excluding hydrogens is 383 g/mol. The Morgan fingerprint density at radius 2 is 1.93 bits per heavy atom. The molecule has 4 aromatic rings. The van der Waals surface area contributed by atoms with Crippen molar-refractivity contribution in [2.75, 3.05) is 5.32 Å². The van der Waals surface area contributed by atoms with Crippen LogP contribution in [0.15, 0.2) is 48.8 Å². The van der Waals surface area contributed by atoms with Crippen LogP contribution in [0.2, 0.25) is 0 Å². The first kappa shape index (κ1) is 18.4. The number of amides is 1. The molecule has 5 rings (SSSR count). The van der Waals surface area contributed by atoms with Crippen LogP contribution in [0.5, 0.6) is 0 Å². The van der Waals surface area contributed by atoms with Gasteiger partial charge in [0.2, 0.25) is 0 Å². The molecule has 7 nitrogen and oxygen atoms in total. The zero-order chi connectivity index (χ0) is 20.5. The van der Waals surface area contributed by atoms with Crippen LogP contribution in [0.3, 0.4) is 0 Å². The number of anilines is 1. The van der Waals surface area contributed by atoms with Gasteiger partial charge in [0.05, 0.1) is 11.1 Å². The molecule has 0 saturated carbocycles. The average molecular weight is 402 g/mol. The number of benzene rings is 2. The second-order valence-electron chi connectivity index (χ2n) is 7.31. The number of carbonyl (C=O) groups is 1. The van der Waals surface area contributed by atoms with Gasteiger partial charge < -0.3 is 9.88 Å². The molecular formula is C22H19FN6O. The molecule has 0 spiro atoms. The van der Waals surface area contributed by atoms with Gasteiger partial charge >= 0.3 is 0 Å². The van der Waals surface area contributed by atoms with Crippen molar-refractivity contribution >= 4 is 22.6 Å². The van der Waals surface area contributed by atoms with Crippen molar-refractivity contribution in [3.8, 4) is 11.4 Å². The summed E-state index contributed by atoms with van der Waals surface area (Å²) >= 11 is 0. The summed E-state index contributed by atoms with van der Waals surface area (Å²) in [5.41, 5.74) is 2.29. The largest absolute Gasteiger partial charge is 0.322 e. The van der Waals surface area contributed by atoms with E-state index in [0.29, 0.717) is 16.7 Å². The van der Waals surface area contributed by atoms with Crippen molar-refractivity contribution in [2.24, 2.45) is 0 Å². The van der Waals surface area contributed by atoms with Crippen LogP contribution in [0.4, 0.5) is 10.1 Å². The zero-order valence-electron chi connectivity index (χ0n) is 16.2. The zero-order valence-corrected chi connectivity index (χ0v) is 16.2. The Bertz CT molecular complexity index is 1250. The molecule has 3 heterocycles. The predicted octanol–water partition coefficient (Wildman–Crippen LogP) is 4.01. The highest BCUT2D eigenvalue weighted by Gasteiger charge is 2.18. The normalized spacial score (nSPS) is 13.6. The van der Waals surface area contributed by atoms with E-state index in [1.165, 1.54) is 30.9 Å². The molecule has 1 N–H and O–H groups in total. The minimum Gasteiger partial charge on any atom is -0.322 e. The van der Waals surface area contributed by atoms with E-state index in [2.05, 4.69) is 30.0 Å². The van der Waals surface area contributed by atoms with Crippen LogP contribution in [-0.4, -0.2) is 30.6 Å². The molecule has 0 aliphatic carbocycles. The molecule has 2 aromatic heterocycles. The van der Waals surface area contributed by atoms with Crippen molar-refractivity contribution in [1.29, 1.82) is 0 Å². The number of aryl methyl sites for hydroxylation is 1. The van der Waals surface area contributed by atoms with E-state index in [4.69, 9.17) is 0 Å². The van der Waals surface area contributed by atoms with E-state index >= 15 is 0 Å². The van der Waals surface area contributed by atoms with E-state index in [-0.39, 0.29) is 5.56 Å². The van der Waals surface area contributed by atoms with E-state index < -0.39 is 11.7 Å². The summed E-state index contributed by atoms with van der Waals surface area (Å²) in [7, 11) is 0. The van der Waals surface area contributed by atoms with Gasteiger partial charge in [-0.2, -0.15) is 0 Å². The van der Waals surface area contributed by atoms with E-state index in [1.807, 2.05) is 18.2 Å². The van der Waals surface area contributed by atoms with Crippen LogP contribution >= 0.6 is 0 Å². The number of nitrogens with zero attached hydrogens (tertiary/aromatic N) is 5. The Morgan fingerprint density at radius 1 is 1.03 bits per heavy atom. The first-order valence-electron chi connectivity index (χ1n) is 9.93. The Balaban J connectivity index is 1.46. The Labute approximate surface area is 172 Å². The highest BCUT2D eigenvalue weighted by atomic mass is 19.1. The summed E-state index contributed by atoms with van der Waals surface area (Å²) in [6.07, 6.45) is 7.28. The maximum absolute atomic E-state index is 14.0. The fraction of sp³-hybridized carbons (Fsp3) is 0.227. The fourth-order valence-corrected chi connectivity index (χ4v) is 3.85. The molecule has 1 amide bonds. The predicted molar refractivity (Wildman–Crippen MR) is 110 cm³/mol. The van der Waals surface area contributed by atoms with Gasteiger partial charge in [-0.05, 0) is 31.0 Å². The number of hydrogen-bond donors (Lipinski definition) is 1.